The fourth-order valence-corrected chi connectivity index (χ4v) is 2.12. The summed E-state index contributed by atoms with van der Waals surface area (Å²) in [5.41, 5.74) is 2.70. The van der Waals surface area contributed by atoms with E-state index in [1.54, 1.807) is 0 Å². The number of esters is 1. The van der Waals surface area contributed by atoms with Gasteiger partial charge >= 0.3 is 5.97 Å². The minimum absolute atomic E-state index is 0.0916. The monoisotopic (exact) mass is 262 g/mol. The van der Waals surface area contributed by atoms with Gasteiger partial charge in [0.1, 0.15) is 5.52 Å². The van der Waals surface area contributed by atoms with Gasteiger partial charge in [-0.05, 0) is 31.2 Å². The number of hydrogen-bond acceptors (Lipinski definition) is 5. The zero-order chi connectivity index (χ0) is 13.8. The minimum atomic E-state index is -0.197. The first-order chi connectivity index (χ1) is 9.13. The molecule has 0 aliphatic carbocycles. The van der Waals surface area contributed by atoms with Crippen molar-refractivity contribution < 1.29 is 13.9 Å². The summed E-state index contributed by atoms with van der Waals surface area (Å²) < 4.78 is 10.2. The zero-order valence-corrected chi connectivity index (χ0v) is 11.4. The summed E-state index contributed by atoms with van der Waals surface area (Å²) in [6.45, 7) is 1.83. The summed E-state index contributed by atoms with van der Waals surface area (Å²) in [6, 6.07) is 5.99. The number of carbonyl (C=O) groups is 1. The molecule has 0 saturated heterocycles. The van der Waals surface area contributed by atoms with Crippen LogP contribution >= 0.6 is 0 Å². The van der Waals surface area contributed by atoms with Crippen molar-refractivity contribution in [2.24, 2.45) is 0 Å². The minimum Gasteiger partial charge on any atom is -0.469 e. The SMILES string of the molecule is CNC(CCC(=O)OC)c1ccc2nc(C)oc2c1. The Morgan fingerprint density at radius 3 is 3.00 bits per heavy atom. The molecule has 0 saturated carbocycles. The first-order valence-electron chi connectivity index (χ1n) is 6.25. The average Bonchev–Trinajstić information content (AvgIpc) is 2.78. The molecule has 1 heterocycles. The van der Waals surface area contributed by atoms with E-state index < -0.39 is 0 Å². The quantitative estimate of drug-likeness (QED) is 0.838. The number of ether oxygens (including phenoxy) is 1. The van der Waals surface area contributed by atoms with Crippen molar-refractivity contribution in [1.29, 1.82) is 0 Å². The Morgan fingerprint density at radius 2 is 2.32 bits per heavy atom. The van der Waals surface area contributed by atoms with Gasteiger partial charge in [0.2, 0.25) is 0 Å². The number of nitrogens with one attached hydrogen (secondary N) is 1. The van der Waals surface area contributed by atoms with E-state index in [2.05, 4.69) is 15.0 Å². The summed E-state index contributed by atoms with van der Waals surface area (Å²) in [6.07, 6.45) is 1.07. The molecule has 1 aromatic carbocycles. The number of fused-ring (bicyclic) bond motifs is 1. The third-order valence-corrected chi connectivity index (χ3v) is 3.14. The van der Waals surface area contributed by atoms with Crippen LogP contribution in [0.5, 0.6) is 0 Å². The molecule has 0 aliphatic heterocycles. The van der Waals surface area contributed by atoms with Gasteiger partial charge in [-0.15, -0.1) is 0 Å². The van der Waals surface area contributed by atoms with Crippen LogP contribution in [0.25, 0.3) is 11.1 Å². The van der Waals surface area contributed by atoms with E-state index in [0.717, 1.165) is 16.7 Å². The maximum Gasteiger partial charge on any atom is 0.305 e. The van der Waals surface area contributed by atoms with Crippen molar-refractivity contribution in [2.45, 2.75) is 25.8 Å². The molecule has 1 atom stereocenters. The molecule has 1 aromatic heterocycles. The van der Waals surface area contributed by atoms with Crippen molar-refractivity contribution >= 4 is 17.1 Å². The number of carbonyl (C=O) groups excluding carboxylic acids is 1. The Morgan fingerprint density at radius 1 is 1.53 bits per heavy atom. The van der Waals surface area contributed by atoms with Crippen LogP contribution in [0, 0.1) is 6.92 Å². The van der Waals surface area contributed by atoms with Crippen molar-refractivity contribution in [3.63, 3.8) is 0 Å². The normalized spacial score (nSPS) is 12.6. The molecule has 0 aliphatic rings. The van der Waals surface area contributed by atoms with Gasteiger partial charge in [-0.25, -0.2) is 4.98 Å². The fraction of sp³-hybridized carbons (Fsp3) is 0.429. The van der Waals surface area contributed by atoms with Crippen molar-refractivity contribution in [2.75, 3.05) is 14.2 Å². The van der Waals surface area contributed by atoms with Gasteiger partial charge in [0.15, 0.2) is 11.5 Å². The van der Waals surface area contributed by atoms with E-state index in [1.165, 1.54) is 7.11 Å². The highest BCUT2D eigenvalue weighted by atomic mass is 16.5. The van der Waals surface area contributed by atoms with Crippen LogP contribution in [0.3, 0.4) is 0 Å². The third-order valence-electron chi connectivity index (χ3n) is 3.14. The topological polar surface area (TPSA) is 64.4 Å². The lowest BCUT2D eigenvalue weighted by molar-refractivity contribution is -0.140. The lowest BCUT2D eigenvalue weighted by Gasteiger charge is -2.15. The molecule has 102 valence electrons. The van der Waals surface area contributed by atoms with Crippen LogP contribution in [0.2, 0.25) is 0 Å². The summed E-state index contributed by atoms with van der Waals surface area (Å²) >= 11 is 0. The second kappa shape index (κ2) is 5.84. The molecule has 1 N–H and O–H groups in total. The number of hydrogen-bond donors (Lipinski definition) is 1. The van der Waals surface area contributed by atoms with Crippen LogP contribution < -0.4 is 5.32 Å². The van der Waals surface area contributed by atoms with Gasteiger partial charge in [0.05, 0.1) is 7.11 Å². The highest BCUT2D eigenvalue weighted by Crippen LogP contribution is 2.23. The third kappa shape index (κ3) is 3.12. The van der Waals surface area contributed by atoms with Crippen molar-refractivity contribution in [3.8, 4) is 0 Å². The van der Waals surface area contributed by atoms with Gasteiger partial charge in [0.25, 0.3) is 0 Å². The molecule has 0 spiro atoms. The molecule has 2 rings (SSSR count). The molecule has 2 aromatic rings. The van der Waals surface area contributed by atoms with Crippen LogP contribution in [0.15, 0.2) is 22.6 Å². The van der Waals surface area contributed by atoms with Crippen LogP contribution in [-0.4, -0.2) is 25.1 Å². The second-order valence-corrected chi connectivity index (χ2v) is 4.42. The number of aryl methyl sites for hydroxylation is 1. The number of nitrogens with zero attached hydrogens (tertiary/aromatic N) is 1. The van der Waals surface area contributed by atoms with Gasteiger partial charge in [-0.3, -0.25) is 4.79 Å². The first-order valence-corrected chi connectivity index (χ1v) is 6.25. The van der Waals surface area contributed by atoms with Crippen molar-refractivity contribution in [1.82, 2.24) is 10.3 Å². The molecular formula is C14H18N2O3. The Labute approximate surface area is 112 Å². The molecule has 1 unspecified atom stereocenters. The van der Waals surface area contributed by atoms with E-state index in [9.17, 15) is 4.79 Å². The van der Waals surface area contributed by atoms with E-state index in [1.807, 2.05) is 32.2 Å². The Kier molecular flexibility index (Phi) is 4.16. The fourth-order valence-electron chi connectivity index (χ4n) is 2.12. The van der Waals surface area contributed by atoms with Gasteiger partial charge in [0, 0.05) is 19.4 Å². The predicted molar refractivity (Wildman–Crippen MR) is 71.8 cm³/mol. The molecule has 5 heteroatoms. The molecule has 0 bridgehead atoms. The molecule has 5 nitrogen and oxygen atoms in total. The van der Waals surface area contributed by atoms with Crippen LogP contribution in [-0.2, 0) is 9.53 Å². The number of oxazole rings is 1. The molecule has 0 radical (unpaired) electrons. The summed E-state index contributed by atoms with van der Waals surface area (Å²) in [7, 11) is 3.28. The first kappa shape index (κ1) is 13.5. The molecular weight excluding hydrogens is 244 g/mol. The number of rotatable bonds is 5. The smallest absolute Gasteiger partial charge is 0.305 e. The standard InChI is InChI=1S/C14H18N2O3/c1-9-16-12-5-4-10(8-13(12)19-9)11(15-2)6-7-14(17)18-3/h4-5,8,11,15H,6-7H2,1-3H3. The predicted octanol–water partition coefficient (Wildman–Crippen LogP) is 2.35. The van der Waals surface area contributed by atoms with Gasteiger partial charge in [-0.1, -0.05) is 6.07 Å². The summed E-state index contributed by atoms with van der Waals surface area (Å²) in [5.74, 6) is 0.458. The van der Waals surface area contributed by atoms with E-state index >= 15 is 0 Å². The Balaban J connectivity index is 2.17. The number of aromatic nitrogens is 1. The highest BCUT2D eigenvalue weighted by molar-refractivity contribution is 5.73. The Bertz CT molecular complexity index is 577. The lowest BCUT2D eigenvalue weighted by atomic mass is 10.0. The highest BCUT2D eigenvalue weighted by Gasteiger charge is 2.13. The molecule has 19 heavy (non-hydrogen) atoms. The Hall–Kier alpha value is -1.88. The van der Waals surface area contributed by atoms with E-state index in [4.69, 9.17) is 4.42 Å². The maximum atomic E-state index is 11.2. The van der Waals surface area contributed by atoms with Crippen LogP contribution in [0.1, 0.15) is 30.3 Å². The van der Waals surface area contributed by atoms with Gasteiger partial charge < -0.3 is 14.5 Å². The second-order valence-electron chi connectivity index (χ2n) is 4.42. The maximum absolute atomic E-state index is 11.2. The molecule has 0 fully saturated rings. The average molecular weight is 262 g/mol. The van der Waals surface area contributed by atoms with Crippen LogP contribution in [0.4, 0.5) is 0 Å². The van der Waals surface area contributed by atoms with Crippen molar-refractivity contribution in [3.05, 3.63) is 29.7 Å². The molecule has 0 amide bonds. The number of benzene rings is 1. The largest absolute Gasteiger partial charge is 0.469 e. The number of methoxy groups -OCH3 is 1. The van der Waals surface area contributed by atoms with E-state index in [0.29, 0.717) is 18.7 Å². The zero-order valence-electron chi connectivity index (χ0n) is 11.4. The summed E-state index contributed by atoms with van der Waals surface area (Å²) in [4.78, 5) is 15.5. The lowest BCUT2D eigenvalue weighted by Crippen LogP contribution is -2.17. The van der Waals surface area contributed by atoms with E-state index in [-0.39, 0.29) is 12.0 Å². The van der Waals surface area contributed by atoms with Gasteiger partial charge in [-0.2, -0.15) is 0 Å². The summed E-state index contributed by atoms with van der Waals surface area (Å²) in [5, 5.41) is 3.20.